The van der Waals surface area contributed by atoms with Crippen molar-refractivity contribution in [2.24, 2.45) is 0 Å². The lowest BCUT2D eigenvalue weighted by atomic mass is 10.00. The maximum Gasteiger partial charge on any atom is 0.250 e. The van der Waals surface area contributed by atoms with Gasteiger partial charge >= 0.3 is 0 Å². The molecule has 3 N–H and O–H groups in total. The SMILES string of the molecule is COc1ccc(C(Nc2ccc3c(c2)CNC3)C(=O)N2CCC[C@@H]2c2cc(NC(C)=O)ccc2S(C)(=O)=O)cc1OC. The number of fused-ring (bicyclic) bond motifs is 1. The van der Waals surface area contributed by atoms with Gasteiger partial charge < -0.3 is 30.3 Å². The van der Waals surface area contributed by atoms with Gasteiger partial charge in [-0.15, -0.1) is 0 Å². The van der Waals surface area contributed by atoms with Crippen LogP contribution in [0.3, 0.4) is 0 Å². The number of carbonyl (C=O) groups is 2. The number of amides is 2. The summed E-state index contributed by atoms with van der Waals surface area (Å²) in [5, 5.41) is 9.53. The van der Waals surface area contributed by atoms with E-state index in [2.05, 4.69) is 28.1 Å². The molecule has 10 nitrogen and oxygen atoms in total. The van der Waals surface area contributed by atoms with E-state index in [9.17, 15) is 18.0 Å². The van der Waals surface area contributed by atoms with Gasteiger partial charge in [-0.05, 0) is 77.6 Å². The second-order valence-corrected chi connectivity index (χ2v) is 12.7. The fourth-order valence-corrected chi connectivity index (χ4v) is 6.76. The molecule has 0 aromatic heterocycles. The maximum absolute atomic E-state index is 14.5. The van der Waals surface area contributed by atoms with Crippen molar-refractivity contribution in [2.45, 2.75) is 49.8 Å². The molecule has 2 aliphatic heterocycles. The first-order valence-corrected chi connectivity index (χ1v) is 15.7. The number of carbonyl (C=O) groups excluding carboxylic acids is 2. The van der Waals surface area contributed by atoms with Crippen LogP contribution in [-0.4, -0.2) is 52.2 Å². The quantitative estimate of drug-likeness (QED) is 0.338. The number of methoxy groups -OCH3 is 2. The number of sulfone groups is 1. The molecule has 42 heavy (non-hydrogen) atoms. The van der Waals surface area contributed by atoms with Gasteiger partial charge in [0, 0.05) is 44.2 Å². The lowest BCUT2D eigenvalue weighted by Crippen LogP contribution is -2.38. The number of ether oxygens (including phenoxy) is 2. The number of hydrogen-bond acceptors (Lipinski definition) is 8. The number of nitrogens with zero attached hydrogens (tertiary/aromatic N) is 1. The molecule has 3 aromatic rings. The van der Waals surface area contributed by atoms with Crippen molar-refractivity contribution in [3.05, 3.63) is 76.9 Å². The minimum atomic E-state index is -3.61. The Morgan fingerprint density at radius 1 is 0.952 bits per heavy atom. The highest BCUT2D eigenvalue weighted by atomic mass is 32.2. The molecule has 5 rings (SSSR count). The Kier molecular flexibility index (Phi) is 8.42. The molecule has 222 valence electrons. The van der Waals surface area contributed by atoms with Crippen LogP contribution in [0.1, 0.15) is 54.1 Å². The van der Waals surface area contributed by atoms with E-state index >= 15 is 0 Å². The molecule has 2 heterocycles. The summed E-state index contributed by atoms with van der Waals surface area (Å²) >= 11 is 0. The Labute approximate surface area is 246 Å². The van der Waals surface area contributed by atoms with Gasteiger partial charge in [0.15, 0.2) is 21.3 Å². The number of rotatable bonds is 9. The number of hydrogen-bond donors (Lipinski definition) is 3. The van der Waals surface area contributed by atoms with Crippen LogP contribution in [0.25, 0.3) is 0 Å². The first kappa shape index (κ1) is 29.4. The Balaban J connectivity index is 1.56. The molecule has 2 atom stereocenters. The molecular formula is C31H36N4O6S. The monoisotopic (exact) mass is 592 g/mol. The number of anilines is 2. The average Bonchev–Trinajstić information content (AvgIpc) is 3.64. The van der Waals surface area contributed by atoms with Gasteiger partial charge in [0.25, 0.3) is 0 Å². The third-order valence-electron chi connectivity index (χ3n) is 7.76. The van der Waals surface area contributed by atoms with Crippen LogP contribution in [0.2, 0.25) is 0 Å². The van der Waals surface area contributed by atoms with Crippen LogP contribution in [-0.2, 0) is 32.5 Å². The zero-order valence-corrected chi connectivity index (χ0v) is 25.0. The van der Waals surface area contributed by atoms with E-state index in [1.54, 1.807) is 43.4 Å². The smallest absolute Gasteiger partial charge is 0.250 e. The Morgan fingerprint density at radius 2 is 1.69 bits per heavy atom. The van der Waals surface area contributed by atoms with Crippen molar-refractivity contribution in [2.75, 3.05) is 37.7 Å². The van der Waals surface area contributed by atoms with E-state index in [-0.39, 0.29) is 16.7 Å². The van der Waals surface area contributed by atoms with Gasteiger partial charge in [-0.2, -0.15) is 0 Å². The van der Waals surface area contributed by atoms with Gasteiger partial charge in [-0.1, -0.05) is 12.1 Å². The van der Waals surface area contributed by atoms with Crippen LogP contribution in [0.4, 0.5) is 11.4 Å². The molecule has 1 fully saturated rings. The lowest BCUT2D eigenvalue weighted by Gasteiger charge is -2.31. The zero-order chi connectivity index (χ0) is 30.0. The standard InChI is InChI=1S/C31H36N4O6S/c1-19(36)33-24-10-12-29(42(4,38)39)25(16-24)26-6-5-13-35(26)31(37)30(20-8-11-27(40-2)28(15-20)41-3)34-23-9-7-21-17-32-18-22(21)14-23/h7-12,14-16,26,30,32,34H,5-6,13,17-18H2,1-4H3,(H,33,36)/t26-,30?/m1/s1. The fraction of sp³-hybridized carbons (Fsp3) is 0.355. The maximum atomic E-state index is 14.5. The average molecular weight is 593 g/mol. The van der Waals surface area contributed by atoms with Gasteiger partial charge in [-0.3, -0.25) is 9.59 Å². The van der Waals surface area contributed by atoms with Crippen LogP contribution in [0, 0.1) is 0 Å². The molecule has 2 aliphatic rings. The molecule has 0 aliphatic carbocycles. The third-order valence-corrected chi connectivity index (χ3v) is 8.93. The Bertz CT molecular complexity index is 1620. The summed E-state index contributed by atoms with van der Waals surface area (Å²) in [6.45, 7) is 3.41. The van der Waals surface area contributed by atoms with E-state index in [1.807, 2.05) is 12.1 Å². The summed E-state index contributed by atoms with van der Waals surface area (Å²) in [7, 11) is -0.509. The van der Waals surface area contributed by atoms with Crippen molar-refractivity contribution in [1.82, 2.24) is 10.2 Å². The molecule has 0 spiro atoms. The highest BCUT2D eigenvalue weighted by Crippen LogP contribution is 2.40. The first-order chi connectivity index (χ1) is 20.1. The molecule has 11 heteroatoms. The van der Waals surface area contributed by atoms with E-state index in [0.717, 1.165) is 25.0 Å². The van der Waals surface area contributed by atoms with Gasteiger partial charge in [-0.25, -0.2) is 8.42 Å². The minimum absolute atomic E-state index is 0.142. The summed E-state index contributed by atoms with van der Waals surface area (Å²) in [6.07, 6.45) is 2.44. The molecule has 1 unspecified atom stereocenters. The Hall–Kier alpha value is -4.09. The molecule has 0 bridgehead atoms. The molecule has 2 amide bonds. The van der Waals surface area contributed by atoms with Crippen LogP contribution < -0.4 is 25.4 Å². The third kappa shape index (κ3) is 6.07. The molecule has 3 aromatic carbocycles. The molecule has 0 radical (unpaired) electrons. The van der Waals surface area contributed by atoms with Crippen molar-refractivity contribution in [3.8, 4) is 11.5 Å². The van der Waals surface area contributed by atoms with Gasteiger partial charge in [0.1, 0.15) is 6.04 Å². The summed E-state index contributed by atoms with van der Waals surface area (Å²) in [6, 6.07) is 14.9. The van der Waals surface area contributed by atoms with Crippen molar-refractivity contribution in [3.63, 3.8) is 0 Å². The second-order valence-electron chi connectivity index (χ2n) is 10.7. The second kappa shape index (κ2) is 12.0. The van der Waals surface area contributed by atoms with Crippen LogP contribution in [0.5, 0.6) is 11.5 Å². The lowest BCUT2D eigenvalue weighted by molar-refractivity contribution is -0.133. The largest absolute Gasteiger partial charge is 0.493 e. The molecule has 0 saturated carbocycles. The van der Waals surface area contributed by atoms with Crippen molar-refractivity contribution in [1.29, 1.82) is 0 Å². The summed E-state index contributed by atoms with van der Waals surface area (Å²) in [5.74, 6) is 0.568. The first-order valence-electron chi connectivity index (χ1n) is 13.8. The summed E-state index contributed by atoms with van der Waals surface area (Å²) in [4.78, 5) is 28.2. The van der Waals surface area contributed by atoms with Crippen molar-refractivity contribution < 1.29 is 27.5 Å². The topological polar surface area (TPSA) is 126 Å². The number of likely N-dealkylation sites (tertiary alicyclic amines) is 1. The molecule has 1 saturated heterocycles. The number of benzene rings is 3. The zero-order valence-electron chi connectivity index (χ0n) is 24.2. The van der Waals surface area contributed by atoms with E-state index < -0.39 is 21.9 Å². The highest BCUT2D eigenvalue weighted by molar-refractivity contribution is 7.90. The van der Waals surface area contributed by atoms with Crippen LogP contribution in [0.15, 0.2) is 59.5 Å². The Morgan fingerprint density at radius 3 is 2.40 bits per heavy atom. The minimum Gasteiger partial charge on any atom is -0.493 e. The number of nitrogens with one attached hydrogen (secondary N) is 3. The predicted octanol–water partition coefficient (Wildman–Crippen LogP) is 4.19. The van der Waals surface area contributed by atoms with E-state index in [4.69, 9.17) is 9.47 Å². The predicted molar refractivity (Wildman–Crippen MR) is 160 cm³/mol. The van der Waals surface area contributed by atoms with E-state index in [0.29, 0.717) is 47.7 Å². The van der Waals surface area contributed by atoms with Crippen LogP contribution >= 0.6 is 0 Å². The highest BCUT2D eigenvalue weighted by Gasteiger charge is 2.37. The fourth-order valence-electron chi connectivity index (χ4n) is 5.82. The van der Waals surface area contributed by atoms with E-state index in [1.165, 1.54) is 24.1 Å². The van der Waals surface area contributed by atoms with Gasteiger partial charge in [0.2, 0.25) is 11.8 Å². The summed E-state index contributed by atoms with van der Waals surface area (Å²) < 4.78 is 36.6. The normalized spacial score (nSPS) is 17.0. The van der Waals surface area contributed by atoms with Crippen molar-refractivity contribution >= 4 is 33.0 Å². The molecular weight excluding hydrogens is 556 g/mol. The summed E-state index contributed by atoms with van der Waals surface area (Å²) in [5.41, 5.74) is 4.84. The van der Waals surface area contributed by atoms with Gasteiger partial charge in [0.05, 0.1) is 25.2 Å².